The van der Waals surface area contributed by atoms with Crippen LogP contribution in [0.1, 0.15) is 27.7 Å². The number of ether oxygens (including phenoxy) is 1. The molecule has 20 heavy (non-hydrogen) atoms. The number of β-amino-alcohol motifs (C(OH)–C–C–N with tert-alkyl or cyclic N) is 1. The minimum atomic E-state index is -0.336. The van der Waals surface area contributed by atoms with Crippen LogP contribution >= 0.6 is 0 Å². The molecule has 0 saturated carbocycles. The molecule has 1 fully saturated rings. The SMILES string of the molecule is COC[C@@H](C)C(=O)N1CCN(C[C@H](O)C(C)(C)C)CC1. The van der Waals surface area contributed by atoms with Crippen molar-refractivity contribution in [3.63, 3.8) is 0 Å². The number of aliphatic hydroxyl groups is 1. The molecule has 0 aromatic carbocycles. The van der Waals surface area contributed by atoms with Gasteiger partial charge >= 0.3 is 0 Å². The predicted molar refractivity (Wildman–Crippen MR) is 79.5 cm³/mol. The minimum absolute atomic E-state index is 0.0771. The Bertz CT molecular complexity index is 307. The highest BCUT2D eigenvalue weighted by Gasteiger charge is 2.28. The number of carbonyl (C=O) groups excluding carboxylic acids is 1. The molecule has 0 unspecified atom stereocenters. The summed E-state index contributed by atoms with van der Waals surface area (Å²) in [6, 6.07) is 0. The molecule has 1 aliphatic heterocycles. The van der Waals surface area contributed by atoms with E-state index in [0.717, 1.165) is 26.2 Å². The standard InChI is InChI=1S/C15H30N2O3/c1-12(11-20-5)14(19)17-8-6-16(7-9-17)10-13(18)15(2,3)4/h12-13,18H,6-11H2,1-5H3/t12-,13+/m1/s1. The summed E-state index contributed by atoms with van der Waals surface area (Å²) in [5, 5.41) is 10.1. The topological polar surface area (TPSA) is 53.0 Å². The molecular weight excluding hydrogens is 256 g/mol. The third kappa shape index (κ3) is 5.04. The predicted octanol–water partition coefficient (Wildman–Crippen LogP) is 0.820. The molecule has 0 radical (unpaired) electrons. The largest absolute Gasteiger partial charge is 0.391 e. The molecule has 0 aromatic heterocycles. The van der Waals surface area contributed by atoms with E-state index in [-0.39, 0.29) is 23.3 Å². The Balaban J connectivity index is 2.38. The van der Waals surface area contributed by atoms with Crippen molar-refractivity contribution in [3.8, 4) is 0 Å². The lowest BCUT2D eigenvalue weighted by Crippen LogP contribution is -2.53. The lowest BCUT2D eigenvalue weighted by Gasteiger charge is -2.38. The zero-order valence-corrected chi connectivity index (χ0v) is 13.6. The van der Waals surface area contributed by atoms with E-state index in [1.54, 1.807) is 7.11 Å². The second-order valence-electron chi connectivity index (χ2n) is 6.86. The van der Waals surface area contributed by atoms with E-state index in [0.29, 0.717) is 13.2 Å². The van der Waals surface area contributed by atoms with Gasteiger partial charge in [0, 0.05) is 39.8 Å². The van der Waals surface area contributed by atoms with Crippen molar-refractivity contribution < 1.29 is 14.6 Å². The van der Waals surface area contributed by atoms with Gasteiger partial charge in [-0.2, -0.15) is 0 Å². The van der Waals surface area contributed by atoms with Gasteiger partial charge in [0.2, 0.25) is 5.91 Å². The summed E-state index contributed by atoms with van der Waals surface area (Å²) >= 11 is 0. The van der Waals surface area contributed by atoms with Crippen LogP contribution < -0.4 is 0 Å². The molecule has 0 bridgehead atoms. The quantitative estimate of drug-likeness (QED) is 0.813. The van der Waals surface area contributed by atoms with Crippen molar-refractivity contribution in [2.45, 2.75) is 33.8 Å². The molecule has 5 heteroatoms. The van der Waals surface area contributed by atoms with Crippen LogP contribution in [-0.4, -0.2) is 73.4 Å². The van der Waals surface area contributed by atoms with E-state index in [4.69, 9.17) is 4.74 Å². The number of hydrogen-bond acceptors (Lipinski definition) is 4. The fourth-order valence-corrected chi connectivity index (χ4v) is 2.30. The van der Waals surface area contributed by atoms with Crippen LogP contribution in [0.4, 0.5) is 0 Å². The number of rotatable bonds is 5. The van der Waals surface area contributed by atoms with Gasteiger partial charge in [0.15, 0.2) is 0 Å². The van der Waals surface area contributed by atoms with Crippen LogP contribution in [0, 0.1) is 11.3 Å². The Morgan fingerprint density at radius 2 is 1.80 bits per heavy atom. The average molecular weight is 286 g/mol. The fraction of sp³-hybridized carbons (Fsp3) is 0.933. The third-order valence-corrected chi connectivity index (χ3v) is 3.95. The van der Waals surface area contributed by atoms with Crippen LogP contribution in [0.15, 0.2) is 0 Å². The lowest BCUT2D eigenvalue weighted by molar-refractivity contribution is -0.138. The molecule has 0 aliphatic carbocycles. The number of piperazine rings is 1. The van der Waals surface area contributed by atoms with Crippen molar-refractivity contribution in [3.05, 3.63) is 0 Å². The Morgan fingerprint density at radius 1 is 1.25 bits per heavy atom. The summed E-state index contributed by atoms with van der Waals surface area (Å²) in [6.45, 7) is 12.3. The van der Waals surface area contributed by atoms with Crippen molar-refractivity contribution in [2.75, 3.05) is 46.4 Å². The van der Waals surface area contributed by atoms with E-state index < -0.39 is 0 Å². The van der Waals surface area contributed by atoms with Crippen molar-refractivity contribution in [2.24, 2.45) is 11.3 Å². The number of hydrogen-bond donors (Lipinski definition) is 1. The Kier molecular flexibility index (Phi) is 6.43. The highest BCUT2D eigenvalue weighted by atomic mass is 16.5. The van der Waals surface area contributed by atoms with E-state index in [1.165, 1.54) is 0 Å². The van der Waals surface area contributed by atoms with Gasteiger partial charge < -0.3 is 14.7 Å². The van der Waals surface area contributed by atoms with E-state index in [9.17, 15) is 9.90 Å². The highest BCUT2D eigenvalue weighted by molar-refractivity contribution is 5.78. The number of amides is 1. The normalized spacial score (nSPS) is 20.8. The molecular formula is C15H30N2O3. The molecule has 2 atom stereocenters. The smallest absolute Gasteiger partial charge is 0.227 e. The van der Waals surface area contributed by atoms with Gasteiger partial charge in [-0.1, -0.05) is 27.7 Å². The maximum Gasteiger partial charge on any atom is 0.227 e. The van der Waals surface area contributed by atoms with E-state index in [1.807, 2.05) is 32.6 Å². The van der Waals surface area contributed by atoms with Gasteiger partial charge in [0.1, 0.15) is 0 Å². The number of nitrogens with zero attached hydrogens (tertiary/aromatic N) is 2. The van der Waals surface area contributed by atoms with Gasteiger partial charge in [-0.15, -0.1) is 0 Å². The van der Waals surface area contributed by atoms with E-state index in [2.05, 4.69) is 4.90 Å². The molecule has 1 amide bonds. The lowest BCUT2D eigenvalue weighted by atomic mass is 9.89. The van der Waals surface area contributed by atoms with Crippen molar-refractivity contribution in [1.82, 2.24) is 9.80 Å². The van der Waals surface area contributed by atoms with Gasteiger partial charge in [0.05, 0.1) is 18.6 Å². The van der Waals surface area contributed by atoms with Gasteiger partial charge in [-0.25, -0.2) is 0 Å². The molecule has 1 N–H and O–H groups in total. The van der Waals surface area contributed by atoms with Gasteiger partial charge in [0.25, 0.3) is 0 Å². The average Bonchev–Trinajstić information content (AvgIpc) is 2.38. The first-order chi connectivity index (χ1) is 9.25. The summed E-state index contributed by atoms with van der Waals surface area (Å²) in [7, 11) is 1.62. The fourth-order valence-electron chi connectivity index (χ4n) is 2.30. The van der Waals surface area contributed by atoms with E-state index >= 15 is 0 Å². The molecule has 1 saturated heterocycles. The third-order valence-electron chi connectivity index (χ3n) is 3.95. The summed E-state index contributed by atoms with van der Waals surface area (Å²) < 4.78 is 5.04. The number of methoxy groups -OCH3 is 1. The summed E-state index contributed by atoms with van der Waals surface area (Å²) in [6.07, 6.45) is -0.336. The Morgan fingerprint density at radius 3 is 2.25 bits per heavy atom. The van der Waals surface area contributed by atoms with Gasteiger partial charge in [-0.05, 0) is 5.41 Å². The van der Waals surface area contributed by atoms with Crippen molar-refractivity contribution in [1.29, 1.82) is 0 Å². The highest BCUT2D eigenvalue weighted by Crippen LogP contribution is 2.20. The second-order valence-corrected chi connectivity index (χ2v) is 6.86. The van der Waals surface area contributed by atoms with Crippen LogP contribution in [0.2, 0.25) is 0 Å². The molecule has 1 rings (SSSR count). The zero-order chi connectivity index (χ0) is 15.3. The minimum Gasteiger partial charge on any atom is -0.391 e. The first-order valence-electron chi connectivity index (χ1n) is 7.44. The molecule has 0 spiro atoms. The van der Waals surface area contributed by atoms with Crippen LogP contribution in [0.3, 0.4) is 0 Å². The molecule has 118 valence electrons. The maximum atomic E-state index is 12.2. The number of carbonyl (C=O) groups is 1. The van der Waals surface area contributed by atoms with Crippen LogP contribution in [-0.2, 0) is 9.53 Å². The van der Waals surface area contributed by atoms with Gasteiger partial charge in [-0.3, -0.25) is 9.69 Å². The Hall–Kier alpha value is -0.650. The summed E-state index contributed by atoms with van der Waals surface area (Å²) in [5.74, 6) is 0.0922. The molecule has 5 nitrogen and oxygen atoms in total. The Labute approximate surface area is 122 Å². The summed E-state index contributed by atoms with van der Waals surface area (Å²) in [5.41, 5.74) is -0.0973. The first-order valence-corrected chi connectivity index (χ1v) is 7.44. The summed E-state index contributed by atoms with van der Waals surface area (Å²) in [4.78, 5) is 16.3. The number of aliphatic hydroxyl groups excluding tert-OH is 1. The maximum absolute atomic E-state index is 12.2. The molecule has 1 aliphatic rings. The monoisotopic (exact) mass is 286 g/mol. The molecule has 1 heterocycles. The second kappa shape index (κ2) is 7.38. The zero-order valence-electron chi connectivity index (χ0n) is 13.6. The van der Waals surface area contributed by atoms with Crippen LogP contribution in [0.5, 0.6) is 0 Å². The van der Waals surface area contributed by atoms with Crippen LogP contribution in [0.25, 0.3) is 0 Å². The van der Waals surface area contributed by atoms with Crippen molar-refractivity contribution >= 4 is 5.91 Å². The molecule has 0 aromatic rings. The first kappa shape index (κ1) is 17.4.